The highest BCUT2D eigenvalue weighted by Gasteiger charge is 2.22. The predicted octanol–water partition coefficient (Wildman–Crippen LogP) is 2.40. The van der Waals surface area contributed by atoms with Crippen molar-refractivity contribution in [1.82, 2.24) is 9.97 Å². The first-order valence-electron chi connectivity index (χ1n) is 6.64. The summed E-state index contributed by atoms with van der Waals surface area (Å²) in [6.07, 6.45) is 1.38. The quantitative estimate of drug-likeness (QED) is 0.921. The minimum Gasteiger partial charge on any atom is -0.367 e. The van der Waals surface area contributed by atoms with Gasteiger partial charge in [0.2, 0.25) is 0 Å². The number of nitrogens with zero attached hydrogens (tertiary/aromatic N) is 3. The van der Waals surface area contributed by atoms with Crippen LogP contribution in [0.25, 0.3) is 0 Å². The van der Waals surface area contributed by atoms with Gasteiger partial charge in [0.15, 0.2) is 5.82 Å². The van der Waals surface area contributed by atoms with E-state index in [9.17, 15) is 4.79 Å². The van der Waals surface area contributed by atoms with Crippen molar-refractivity contribution in [2.45, 2.75) is 0 Å². The number of rotatable bonds is 2. The number of para-hydroxylation sites is 1. The molecule has 110 valence electrons. The van der Waals surface area contributed by atoms with Gasteiger partial charge in [-0.05, 0) is 12.1 Å². The Balaban J connectivity index is 1.75. The zero-order valence-electron chi connectivity index (χ0n) is 11.2. The van der Waals surface area contributed by atoms with E-state index in [0.29, 0.717) is 5.82 Å². The molecule has 1 aliphatic heterocycles. The molecule has 0 unspecified atom stereocenters. The van der Waals surface area contributed by atoms with Crippen LogP contribution in [0.3, 0.4) is 0 Å². The fraction of sp³-hybridized carbons (Fsp3) is 0.286. The lowest BCUT2D eigenvalue weighted by molar-refractivity contribution is 0.646. The third kappa shape index (κ3) is 2.84. The monoisotopic (exact) mass is 324 g/mol. The average Bonchev–Trinajstić information content (AvgIpc) is 2.51. The van der Waals surface area contributed by atoms with Gasteiger partial charge in [0.1, 0.15) is 5.02 Å². The maximum atomic E-state index is 11.5. The van der Waals surface area contributed by atoms with Gasteiger partial charge < -0.3 is 14.8 Å². The number of piperazine rings is 1. The van der Waals surface area contributed by atoms with Gasteiger partial charge >= 0.3 is 0 Å². The second kappa shape index (κ2) is 5.95. The number of H-pyrrole nitrogens is 1. The fourth-order valence-corrected chi connectivity index (χ4v) is 2.94. The van der Waals surface area contributed by atoms with Crippen LogP contribution in [0.5, 0.6) is 0 Å². The predicted molar refractivity (Wildman–Crippen MR) is 85.7 cm³/mol. The molecule has 0 radical (unpaired) electrons. The van der Waals surface area contributed by atoms with Gasteiger partial charge in [-0.25, -0.2) is 4.98 Å². The van der Waals surface area contributed by atoms with E-state index in [1.807, 2.05) is 29.2 Å². The Morgan fingerprint density at radius 2 is 1.71 bits per heavy atom. The molecule has 7 heteroatoms. The van der Waals surface area contributed by atoms with E-state index in [1.54, 1.807) is 0 Å². The molecule has 21 heavy (non-hydrogen) atoms. The second-order valence-corrected chi connectivity index (χ2v) is 5.58. The van der Waals surface area contributed by atoms with Crippen LogP contribution in [0.4, 0.5) is 11.5 Å². The molecule has 0 atom stereocenters. The van der Waals surface area contributed by atoms with Crippen LogP contribution in [-0.2, 0) is 0 Å². The van der Waals surface area contributed by atoms with E-state index in [0.717, 1.165) is 36.9 Å². The molecule has 1 fully saturated rings. The van der Waals surface area contributed by atoms with Gasteiger partial charge in [0, 0.05) is 26.2 Å². The first-order chi connectivity index (χ1) is 10.2. The summed E-state index contributed by atoms with van der Waals surface area (Å²) < 4.78 is 0. The highest BCUT2D eigenvalue weighted by molar-refractivity contribution is 6.33. The molecule has 0 spiro atoms. The molecular formula is C14H14Cl2N4O. The van der Waals surface area contributed by atoms with Gasteiger partial charge in [-0.2, -0.15) is 0 Å². The molecule has 3 rings (SSSR count). The number of aromatic amines is 1. The van der Waals surface area contributed by atoms with Crippen molar-refractivity contribution in [1.29, 1.82) is 0 Å². The smallest absolute Gasteiger partial charge is 0.271 e. The van der Waals surface area contributed by atoms with Crippen LogP contribution in [0.2, 0.25) is 10.0 Å². The first-order valence-corrected chi connectivity index (χ1v) is 7.40. The number of nitrogens with one attached hydrogen (secondary N) is 1. The lowest BCUT2D eigenvalue weighted by Gasteiger charge is -2.37. The van der Waals surface area contributed by atoms with E-state index in [-0.39, 0.29) is 10.6 Å². The van der Waals surface area contributed by atoms with E-state index in [1.165, 1.54) is 6.33 Å². The molecule has 1 aliphatic rings. The third-order valence-corrected chi connectivity index (χ3v) is 4.21. The van der Waals surface area contributed by atoms with Crippen LogP contribution in [-0.4, -0.2) is 36.1 Å². The summed E-state index contributed by atoms with van der Waals surface area (Å²) in [4.78, 5) is 22.4. The minimum absolute atomic E-state index is 0.142. The first kappa shape index (κ1) is 14.2. The molecule has 0 saturated carbocycles. The van der Waals surface area contributed by atoms with Crippen LogP contribution in [0.15, 0.2) is 35.4 Å². The average molecular weight is 325 g/mol. The Morgan fingerprint density at radius 1 is 1.05 bits per heavy atom. The van der Waals surface area contributed by atoms with Crippen LogP contribution < -0.4 is 15.4 Å². The number of halogens is 2. The topological polar surface area (TPSA) is 52.2 Å². The highest BCUT2D eigenvalue weighted by Crippen LogP contribution is 2.27. The summed E-state index contributed by atoms with van der Waals surface area (Å²) in [5.41, 5.74) is 0.721. The fourth-order valence-electron chi connectivity index (χ4n) is 2.46. The van der Waals surface area contributed by atoms with Crippen LogP contribution >= 0.6 is 23.2 Å². The van der Waals surface area contributed by atoms with Gasteiger partial charge in [-0.3, -0.25) is 4.79 Å². The van der Waals surface area contributed by atoms with E-state index < -0.39 is 0 Å². The molecule has 2 aromatic rings. The van der Waals surface area contributed by atoms with Crippen molar-refractivity contribution in [2.24, 2.45) is 0 Å². The Morgan fingerprint density at radius 3 is 2.43 bits per heavy atom. The van der Waals surface area contributed by atoms with Crippen molar-refractivity contribution in [3.63, 3.8) is 0 Å². The summed E-state index contributed by atoms with van der Waals surface area (Å²) in [7, 11) is 0. The summed E-state index contributed by atoms with van der Waals surface area (Å²) in [6.45, 7) is 3.08. The number of anilines is 2. The van der Waals surface area contributed by atoms with Crippen LogP contribution in [0.1, 0.15) is 0 Å². The van der Waals surface area contributed by atoms with Crippen molar-refractivity contribution < 1.29 is 0 Å². The number of hydrogen-bond acceptors (Lipinski definition) is 4. The van der Waals surface area contributed by atoms with Crippen molar-refractivity contribution in [2.75, 3.05) is 36.0 Å². The summed E-state index contributed by atoms with van der Waals surface area (Å²) in [5.74, 6) is 0.541. The summed E-state index contributed by atoms with van der Waals surface area (Å²) >= 11 is 12.2. The lowest BCUT2D eigenvalue weighted by atomic mass is 10.2. The molecule has 1 N–H and O–H groups in total. The molecule has 0 aliphatic carbocycles. The Kier molecular flexibility index (Phi) is 4.03. The van der Waals surface area contributed by atoms with Crippen molar-refractivity contribution in [3.8, 4) is 0 Å². The van der Waals surface area contributed by atoms with E-state index in [2.05, 4.69) is 14.9 Å². The maximum Gasteiger partial charge on any atom is 0.271 e. The largest absolute Gasteiger partial charge is 0.367 e. The second-order valence-electron chi connectivity index (χ2n) is 4.79. The lowest BCUT2D eigenvalue weighted by Crippen LogP contribution is -2.47. The maximum absolute atomic E-state index is 11.5. The molecule has 1 aromatic carbocycles. The van der Waals surface area contributed by atoms with Gasteiger partial charge in [0.25, 0.3) is 5.56 Å². The van der Waals surface area contributed by atoms with Gasteiger partial charge in [0.05, 0.1) is 17.0 Å². The molecular weight excluding hydrogens is 311 g/mol. The van der Waals surface area contributed by atoms with E-state index in [4.69, 9.17) is 23.2 Å². The molecule has 5 nitrogen and oxygen atoms in total. The zero-order chi connectivity index (χ0) is 14.8. The zero-order valence-corrected chi connectivity index (χ0v) is 12.7. The summed E-state index contributed by atoms with van der Waals surface area (Å²) in [5, 5.41) is 0.891. The van der Waals surface area contributed by atoms with E-state index >= 15 is 0 Å². The standard InChI is InChI=1S/C14H14Cl2N4O/c15-10-3-1-2-4-11(10)19-5-7-20(8-6-19)13-12(16)14(21)18-9-17-13/h1-4,9H,5-8H2,(H,17,18,21). The molecule has 0 bridgehead atoms. The third-order valence-electron chi connectivity index (χ3n) is 3.55. The minimum atomic E-state index is -0.310. The number of hydrogen-bond donors (Lipinski definition) is 1. The number of aromatic nitrogens is 2. The molecule has 1 saturated heterocycles. The van der Waals surface area contributed by atoms with Gasteiger partial charge in [-0.1, -0.05) is 35.3 Å². The van der Waals surface area contributed by atoms with Gasteiger partial charge in [-0.15, -0.1) is 0 Å². The normalized spacial score (nSPS) is 15.3. The Labute approximate surface area is 132 Å². The molecule has 1 aromatic heterocycles. The number of benzene rings is 1. The molecule has 0 amide bonds. The van der Waals surface area contributed by atoms with Crippen molar-refractivity contribution >= 4 is 34.7 Å². The summed E-state index contributed by atoms with van der Waals surface area (Å²) in [6, 6.07) is 7.79. The highest BCUT2D eigenvalue weighted by atomic mass is 35.5. The van der Waals surface area contributed by atoms with Crippen molar-refractivity contribution in [3.05, 3.63) is 51.0 Å². The Bertz CT molecular complexity index is 695. The Hall–Kier alpha value is -1.72. The SMILES string of the molecule is O=c1[nH]cnc(N2CCN(c3ccccc3Cl)CC2)c1Cl. The van der Waals surface area contributed by atoms with Crippen LogP contribution in [0, 0.1) is 0 Å². The molecule has 2 heterocycles.